The first-order chi connectivity index (χ1) is 5.86. The van der Waals surface area contributed by atoms with Gasteiger partial charge >= 0.3 is 0 Å². The molecule has 0 heterocycles. The van der Waals surface area contributed by atoms with Gasteiger partial charge in [-0.3, -0.25) is 0 Å². The third-order valence-electron chi connectivity index (χ3n) is 1.74. The fraction of sp³-hybridized carbons (Fsp3) is 0.273. The molecule has 0 aliphatic carbocycles. The summed E-state index contributed by atoms with van der Waals surface area (Å²) in [6, 6.07) is 10.4. The first kappa shape index (κ1) is 9.40. The van der Waals surface area contributed by atoms with Crippen LogP contribution in [-0.4, -0.2) is 6.26 Å². The number of allylic oxidation sites excluding steroid dienone is 1. The van der Waals surface area contributed by atoms with Gasteiger partial charge in [0.15, 0.2) is 0 Å². The summed E-state index contributed by atoms with van der Waals surface area (Å²) in [6.45, 7) is 2.19. The fourth-order valence-electron chi connectivity index (χ4n) is 1.04. The molecule has 0 radical (unpaired) electrons. The Kier molecular flexibility index (Phi) is 3.95. The molecule has 0 N–H and O–H groups in total. The normalized spacial score (nSPS) is 11.7. The summed E-state index contributed by atoms with van der Waals surface area (Å²) >= 11 is 1.83. The molecule has 0 amide bonds. The van der Waals surface area contributed by atoms with E-state index < -0.39 is 0 Å². The molecular formula is C11H14S. The molecule has 0 aliphatic rings. The molecule has 64 valence electrons. The van der Waals surface area contributed by atoms with Gasteiger partial charge in [-0.15, -0.1) is 11.8 Å². The summed E-state index contributed by atoms with van der Waals surface area (Å²) in [5, 5.41) is 0. The fourth-order valence-corrected chi connectivity index (χ4v) is 1.58. The van der Waals surface area contributed by atoms with Crippen LogP contribution in [0.4, 0.5) is 0 Å². The van der Waals surface area contributed by atoms with Crippen molar-refractivity contribution in [1.29, 1.82) is 0 Å². The molecular weight excluding hydrogens is 164 g/mol. The summed E-state index contributed by atoms with van der Waals surface area (Å²) in [7, 11) is 0. The van der Waals surface area contributed by atoms with Crippen molar-refractivity contribution in [2.45, 2.75) is 13.3 Å². The summed E-state index contributed by atoms with van der Waals surface area (Å²) in [5.41, 5.74) is 1.30. The highest BCUT2D eigenvalue weighted by atomic mass is 32.2. The smallest absolute Gasteiger partial charge is 0.0140 e. The number of thioether (sulfide) groups is 1. The Balaban J connectivity index is 2.79. The van der Waals surface area contributed by atoms with Crippen molar-refractivity contribution < 1.29 is 0 Å². The average molecular weight is 178 g/mol. The van der Waals surface area contributed by atoms with Gasteiger partial charge in [-0.1, -0.05) is 37.3 Å². The van der Waals surface area contributed by atoms with E-state index in [1.807, 2.05) is 17.8 Å². The first-order valence-electron chi connectivity index (χ1n) is 4.16. The molecule has 0 fully saturated rings. The lowest BCUT2D eigenvalue weighted by Crippen LogP contribution is -1.74. The number of hydrogen-bond acceptors (Lipinski definition) is 1. The van der Waals surface area contributed by atoms with Gasteiger partial charge < -0.3 is 0 Å². The van der Waals surface area contributed by atoms with Gasteiger partial charge in [0.2, 0.25) is 0 Å². The van der Waals surface area contributed by atoms with Gasteiger partial charge in [-0.2, -0.15) is 0 Å². The summed E-state index contributed by atoms with van der Waals surface area (Å²) < 4.78 is 0. The van der Waals surface area contributed by atoms with Gasteiger partial charge in [-0.25, -0.2) is 0 Å². The van der Waals surface area contributed by atoms with Crippen molar-refractivity contribution in [3.63, 3.8) is 0 Å². The number of hydrogen-bond donors (Lipinski definition) is 0. The molecule has 0 saturated heterocycles. The minimum Gasteiger partial charge on any atom is -0.134 e. The Morgan fingerprint density at radius 1 is 1.33 bits per heavy atom. The maximum atomic E-state index is 2.24. The predicted molar refractivity (Wildman–Crippen MR) is 58.2 cm³/mol. The molecule has 0 aromatic heterocycles. The van der Waals surface area contributed by atoms with Crippen LogP contribution >= 0.6 is 11.8 Å². The zero-order chi connectivity index (χ0) is 8.81. The largest absolute Gasteiger partial charge is 0.134 e. The van der Waals surface area contributed by atoms with E-state index in [0.717, 1.165) is 6.42 Å². The van der Waals surface area contributed by atoms with Gasteiger partial charge in [0.25, 0.3) is 0 Å². The van der Waals surface area contributed by atoms with E-state index in [0.29, 0.717) is 0 Å². The first-order valence-corrected chi connectivity index (χ1v) is 5.39. The molecule has 12 heavy (non-hydrogen) atoms. The molecule has 0 atom stereocenters. The van der Waals surface area contributed by atoms with Gasteiger partial charge in [0.1, 0.15) is 0 Å². The second-order valence-corrected chi connectivity index (χ2v) is 3.51. The molecule has 0 saturated carbocycles. The minimum atomic E-state index is 1.12. The van der Waals surface area contributed by atoms with Gasteiger partial charge in [-0.05, 0) is 29.2 Å². The van der Waals surface area contributed by atoms with Crippen molar-refractivity contribution in [2.24, 2.45) is 0 Å². The van der Waals surface area contributed by atoms with E-state index in [-0.39, 0.29) is 0 Å². The molecule has 1 aromatic rings. The highest BCUT2D eigenvalue weighted by molar-refractivity contribution is 8.02. The quantitative estimate of drug-likeness (QED) is 0.678. The summed E-state index contributed by atoms with van der Waals surface area (Å²) in [4.78, 5) is 1.43. The summed E-state index contributed by atoms with van der Waals surface area (Å²) in [5.74, 6) is 0. The predicted octanol–water partition coefficient (Wildman–Crippen LogP) is 3.80. The van der Waals surface area contributed by atoms with Crippen molar-refractivity contribution in [1.82, 2.24) is 0 Å². The van der Waals surface area contributed by atoms with Crippen molar-refractivity contribution >= 4 is 17.8 Å². The topological polar surface area (TPSA) is 0 Å². The summed E-state index contributed by atoms with van der Waals surface area (Å²) in [6.07, 6.45) is 5.49. The van der Waals surface area contributed by atoms with Crippen LogP contribution in [0.25, 0.3) is 6.08 Å². The Morgan fingerprint density at radius 3 is 2.50 bits per heavy atom. The Hall–Kier alpha value is -0.690. The average Bonchev–Trinajstić information content (AvgIpc) is 2.16. The van der Waals surface area contributed by atoms with Crippen LogP contribution < -0.4 is 0 Å². The van der Waals surface area contributed by atoms with Crippen molar-refractivity contribution in [2.75, 3.05) is 6.26 Å². The lowest BCUT2D eigenvalue weighted by Gasteiger charge is -1.98. The lowest BCUT2D eigenvalue weighted by atomic mass is 10.2. The SMILES string of the molecule is CCC(=Cc1ccccc1)SC. The second-order valence-electron chi connectivity index (χ2n) is 2.58. The van der Waals surface area contributed by atoms with Crippen LogP contribution in [0.15, 0.2) is 35.2 Å². The van der Waals surface area contributed by atoms with E-state index in [4.69, 9.17) is 0 Å². The maximum absolute atomic E-state index is 2.24. The van der Waals surface area contributed by atoms with Crippen LogP contribution in [0.3, 0.4) is 0 Å². The number of benzene rings is 1. The zero-order valence-electron chi connectivity index (χ0n) is 7.58. The standard InChI is InChI=1S/C11H14S/c1-3-11(12-2)9-10-7-5-4-6-8-10/h4-9H,3H2,1-2H3. The highest BCUT2D eigenvalue weighted by Crippen LogP contribution is 2.18. The van der Waals surface area contributed by atoms with Crippen molar-refractivity contribution in [3.8, 4) is 0 Å². The van der Waals surface area contributed by atoms with E-state index in [9.17, 15) is 0 Å². The molecule has 1 heteroatoms. The third-order valence-corrected chi connectivity index (χ3v) is 2.67. The lowest BCUT2D eigenvalue weighted by molar-refractivity contribution is 1.21. The Bertz CT molecular complexity index is 243. The second kappa shape index (κ2) is 5.04. The van der Waals surface area contributed by atoms with Crippen LogP contribution in [0.2, 0.25) is 0 Å². The van der Waals surface area contributed by atoms with Crippen molar-refractivity contribution in [3.05, 3.63) is 40.8 Å². The molecule has 0 spiro atoms. The van der Waals surface area contributed by atoms with Crippen LogP contribution in [-0.2, 0) is 0 Å². The third kappa shape index (κ3) is 2.74. The minimum absolute atomic E-state index is 1.12. The van der Waals surface area contributed by atoms with Crippen LogP contribution in [0.5, 0.6) is 0 Å². The highest BCUT2D eigenvalue weighted by Gasteiger charge is 1.90. The molecule has 0 bridgehead atoms. The molecule has 0 nitrogen and oxygen atoms in total. The molecule has 1 rings (SSSR count). The molecule has 0 unspecified atom stereocenters. The van der Waals surface area contributed by atoms with Gasteiger partial charge in [0.05, 0.1) is 0 Å². The number of rotatable bonds is 3. The van der Waals surface area contributed by atoms with Crippen LogP contribution in [0.1, 0.15) is 18.9 Å². The maximum Gasteiger partial charge on any atom is -0.0140 e. The Labute approximate surface area is 78.7 Å². The van der Waals surface area contributed by atoms with E-state index >= 15 is 0 Å². The van der Waals surface area contributed by atoms with E-state index in [2.05, 4.69) is 43.5 Å². The zero-order valence-corrected chi connectivity index (χ0v) is 8.40. The molecule has 1 aromatic carbocycles. The monoisotopic (exact) mass is 178 g/mol. The van der Waals surface area contributed by atoms with Crippen LogP contribution in [0, 0.1) is 0 Å². The Morgan fingerprint density at radius 2 is 2.00 bits per heavy atom. The molecule has 0 aliphatic heterocycles. The van der Waals surface area contributed by atoms with E-state index in [1.165, 1.54) is 10.5 Å². The van der Waals surface area contributed by atoms with E-state index in [1.54, 1.807) is 0 Å². The van der Waals surface area contributed by atoms with Gasteiger partial charge in [0, 0.05) is 0 Å².